The Morgan fingerprint density at radius 1 is 1.18 bits per heavy atom. The maximum atomic E-state index is 13.2. The molecule has 1 aromatic heterocycles. The molecule has 0 bridgehead atoms. The highest BCUT2D eigenvalue weighted by Gasteiger charge is 2.32. The Bertz CT molecular complexity index is 1530. The van der Waals surface area contributed by atoms with E-state index in [0.29, 0.717) is 11.4 Å². The monoisotopic (exact) mass is 569 g/mol. The van der Waals surface area contributed by atoms with Gasteiger partial charge in [-0.1, -0.05) is 43.6 Å². The van der Waals surface area contributed by atoms with Crippen LogP contribution in [-0.2, 0) is 11.8 Å². The van der Waals surface area contributed by atoms with Crippen molar-refractivity contribution >= 4 is 40.9 Å². The van der Waals surface area contributed by atoms with Gasteiger partial charge in [-0.25, -0.2) is 9.48 Å². The first kappa shape index (κ1) is 28.8. The molecule has 1 atom stereocenters. The highest BCUT2D eigenvalue weighted by Crippen LogP contribution is 2.39. The molecule has 11 nitrogen and oxygen atoms in total. The Morgan fingerprint density at radius 2 is 1.85 bits per heavy atom. The van der Waals surface area contributed by atoms with Crippen LogP contribution in [0.2, 0.25) is 5.02 Å². The van der Waals surface area contributed by atoms with Crippen molar-refractivity contribution in [2.75, 3.05) is 23.3 Å². The predicted molar refractivity (Wildman–Crippen MR) is 152 cm³/mol. The molecule has 1 aliphatic rings. The third-order valence-corrected chi connectivity index (χ3v) is 6.96. The second-order valence-electron chi connectivity index (χ2n) is 10.6. The number of fused-ring (bicyclic) bond motifs is 1. The number of nitrogens with zero attached hydrogens (tertiary/aromatic N) is 3. The van der Waals surface area contributed by atoms with Crippen LogP contribution in [0.25, 0.3) is 5.69 Å². The first-order valence-corrected chi connectivity index (χ1v) is 13.1. The summed E-state index contributed by atoms with van der Waals surface area (Å²) in [5, 5.41) is 15.3. The van der Waals surface area contributed by atoms with Crippen LogP contribution in [0.1, 0.15) is 43.2 Å². The molecule has 3 amide bonds. The number of carbonyl (C=O) groups excluding carboxylic acids is 2. The van der Waals surface area contributed by atoms with Gasteiger partial charge in [-0.05, 0) is 43.5 Å². The average Bonchev–Trinajstić information content (AvgIpc) is 3.09. The van der Waals surface area contributed by atoms with Gasteiger partial charge in [0, 0.05) is 25.0 Å². The highest BCUT2D eigenvalue weighted by molar-refractivity contribution is 6.31. The van der Waals surface area contributed by atoms with Gasteiger partial charge in [0.1, 0.15) is 11.8 Å². The maximum Gasteiger partial charge on any atom is 0.412 e. The molecule has 212 valence electrons. The molecular weight excluding hydrogens is 538 g/mol. The molecule has 2 heterocycles. The predicted octanol–water partition coefficient (Wildman–Crippen LogP) is 4.19. The highest BCUT2D eigenvalue weighted by atomic mass is 35.5. The number of hydrogen-bond donors (Lipinski definition) is 3. The van der Waals surface area contributed by atoms with Crippen molar-refractivity contribution in [3.8, 4) is 11.4 Å². The van der Waals surface area contributed by atoms with E-state index in [2.05, 4.69) is 10.6 Å². The third kappa shape index (κ3) is 5.84. The SMILES string of the molecule is Cc1c(NC(=O)CC(C)(C)CNC(=O)c2cc(Cl)cc3c2OC(C)CN3C(=O)O)c(=O)n(-c2ccccc2)n1C. The Hall–Kier alpha value is -4.25. The van der Waals surface area contributed by atoms with Crippen LogP contribution in [0.3, 0.4) is 0 Å². The molecule has 0 spiro atoms. The minimum atomic E-state index is -1.18. The van der Waals surface area contributed by atoms with Crippen molar-refractivity contribution in [3.05, 3.63) is 69.1 Å². The number of hydrogen-bond acceptors (Lipinski definition) is 5. The molecule has 0 fully saturated rings. The summed E-state index contributed by atoms with van der Waals surface area (Å²) in [7, 11) is 1.74. The molecule has 0 saturated carbocycles. The maximum absolute atomic E-state index is 13.2. The smallest absolute Gasteiger partial charge is 0.412 e. The van der Waals surface area contributed by atoms with Gasteiger partial charge in [-0.15, -0.1) is 0 Å². The second kappa shape index (κ2) is 11.1. The van der Waals surface area contributed by atoms with E-state index in [0.717, 1.165) is 4.90 Å². The summed E-state index contributed by atoms with van der Waals surface area (Å²) in [6.45, 7) is 7.29. The van der Waals surface area contributed by atoms with Gasteiger partial charge >= 0.3 is 6.09 Å². The van der Waals surface area contributed by atoms with Gasteiger partial charge in [0.05, 0.1) is 29.2 Å². The second-order valence-corrected chi connectivity index (χ2v) is 11.1. The number of anilines is 2. The summed E-state index contributed by atoms with van der Waals surface area (Å²) in [6.07, 6.45) is -1.63. The van der Waals surface area contributed by atoms with Gasteiger partial charge < -0.3 is 20.5 Å². The van der Waals surface area contributed by atoms with E-state index in [4.69, 9.17) is 16.3 Å². The minimum Gasteiger partial charge on any atom is -0.486 e. The van der Waals surface area contributed by atoms with Crippen LogP contribution < -0.4 is 25.8 Å². The number of ether oxygens (including phenoxy) is 1. The number of amides is 3. The van der Waals surface area contributed by atoms with E-state index in [-0.39, 0.29) is 58.7 Å². The lowest BCUT2D eigenvalue weighted by molar-refractivity contribution is -0.118. The van der Waals surface area contributed by atoms with Crippen molar-refractivity contribution in [3.63, 3.8) is 0 Å². The lowest BCUT2D eigenvalue weighted by Gasteiger charge is -2.33. The van der Waals surface area contributed by atoms with Crippen molar-refractivity contribution in [2.45, 2.75) is 40.2 Å². The van der Waals surface area contributed by atoms with Gasteiger partial charge in [-0.2, -0.15) is 0 Å². The molecule has 0 radical (unpaired) electrons. The zero-order chi connectivity index (χ0) is 29.4. The molecule has 4 rings (SSSR count). The Morgan fingerprint density at radius 3 is 2.50 bits per heavy atom. The van der Waals surface area contributed by atoms with E-state index < -0.39 is 23.5 Å². The third-order valence-electron chi connectivity index (χ3n) is 6.74. The van der Waals surface area contributed by atoms with Crippen LogP contribution in [0.5, 0.6) is 5.75 Å². The van der Waals surface area contributed by atoms with Crippen molar-refractivity contribution in [2.24, 2.45) is 12.5 Å². The molecule has 1 aliphatic heterocycles. The largest absolute Gasteiger partial charge is 0.486 e. The molecule has 3 N–H and O–H groups in total. The Labute approximate surface area is 236 Å². The fourth-order valence-electron chi connectivity index (χ4n) is 4.66. The van der Waals surface area contributed by atoms with Crippen molar-refractivity contribution < 1.29 is 24.2 Å². The first-order chi connectivity index (χ1) is 18.8. The zero-order valence-corrected chi connectivity index (χ0v) is 23.7. The lowest BCUT2D eigenvalue weighted by Crippen LogP contribution is -2.42. The minimum absolute atomic E-state index is 0.0143. The number of carbonyl (C=O) groups is 3. The average molecular weight is 570 g/mol. The summed E-state index contributed by atoms with van der Waals surface area (Å²) >= 11 is 6.21. The number of aromatic nitrogens is 2. The fourth-order valence-corrected chi connectivity index (χ4v) is 4.87. The Balaban J connectivity index is 1.46. The summed E-state index contributed by atoms with van der Waals surface area (Å²) in [5.74, 6) is -0.760. The lowest BCUT2D eigenvalue weighted by atomic mass is 9.88. The van der Waals surface area contributed by atoms with E-state index >= 15 is 0 Å². The molecule has 12 heteroatoms. The number of nitrogens with one attached hydrogen (secondary N) is 2. The van der Waals surface area contributed by atoms with E-state index in [1.54, 1.807) is 37.7 Å². The molecule has 40 heavy (non-hydrogen) atoms. The summed E-state index contributed by atoms with van der Waals surface area (Å²) in [6, 6.07) is 12.0. The Kier molecular flexibility index (Phi) is 7.97. The fraction of sp³-hybridized carbons (Fsp3) is 0.357. The molecule has 2 aromatic carbocycles. The van der Waals surface area contributed by atoms with Gasteiger partial charge in [0.25, 0.3) is 11.5 Å². The number of para-hydroxylation sites is 1. The molecular formula is C28H32ClN5O6. The zero-order valence-electron chi connectivity index (χ0n) is 22.9. The van der Waals surface area contributed by atoms with E-state index in [9.17, 15) is 24.3 Å². The number of carboxylic acid groups (broad SMARTS) is 1. The molecule has 1 unspecified atom stereocenters. The quantitative estimate of drug-likeness (QED) is 0.390. The summed E-state index contributed by atoms with van der Waals surface area (Å²) < 4.78 is 8.99. The first-order valence-electron chi connectivity index (χ1n) is 12.7. The molecule has 3 aromatic rings. The topological polar surface area (TPSA) is 135 Å². The summed E-state index contributed by atoms with van der Waals surface area (Å²) in [5.41, 5.74) is 0.722. The van der Waals surface area contributed by atoms with Crippen LogP contribution in [-0.4, -0.2) is 51.6 Å². The van der Waals surface area contributed by atoms with Crippen molar-refractivity contribution in [1.82, 2.24) is 14.7 Å². The van der Waals surface area contributed by atoms with Crippen LogP contribution in [0.15, 0.2) is 47.3 Å². The van der Waals surface area contributed by atoms with Gasteiger partial charge in [-0.3, -0.25) is 24.0 Å². The van der Waals surface area contributed by atoms with Gasteiger partial charge in [0.15, 0.2) is 5.75 Å². The standard InChI is InChI=1S/C28H32ClN5O6/c1-16-14-33(27(38)39)21-12-18(29)11-20(24(21)40-16)25(36)30-15-28(3,4)13-22(35)31-23-17(2)32(5)34(26(23)37)19-9-7-6-8-10-19/h6-12,16H,13-15H2,1-5H3,(H,30,36)(H,31,35)(H,38,39). The van der Waals surface area contributed by atoms with Crippen LogP contribution >= 0.6 is 11.6 Å². The van der Waals surface area contributed by atoms with E-state index in [1.165, 1.54) is 16.8 Å². The van der Waals surface area contributed by atoms with Crippen LogP contribution in [0.4, 0.5) is 16.2 Å². The number of halogens is 1. The van der Waals surface area contributed by atoms with Crippen molar-refractivity contribution in [1.29, 1.82) is 0 Å². The molecule has 0 saturated heterocycles. The van der Waals surface area contributed by atoms with Gasteiger partial charge in [0.2, 0.25) is 5.91 Å². The van der Waals surface area contributed by atoms with E-state index in [1.807, 2.05) is 32.0 Å². The summed E-state index contributed by atoms with van der Waals surface area (Å²) in [4.78, 5) is 52.1. The number of benzene rings is 2. The molecule has 0 aliphatic carbocycles. The normalized spacial score (nSPS) is 14.8. The number of rotatable bonds is 7. The van der Waals surface area contributed by atoms with Crippen LogP contribution in [0, 0.1) is 12.3 Å².